The number of carbonyl (C=O) groups excluding carboxylic acids is 1. The number of halogens is 3. The minimum absolute atomic E-state index is 0. The molecule has 2 aromatic carbocycles. The zero-order valence-corrected chi connectivity index (χ0v) is 20.0. The lowest BCUT2D eigenvalue weighted by atomic mass is 9.87. The average molecular weight is 490 g/mol. The summed E-state index contributed by atoms with van der Waals surface area (Å²) in [5.41, 5.74) is 8.51. The summed E-state index contributed by atoms with van der Waals surface area (Å²) < 4.78 is 34.0. The number of fused-ring (bicyclic) bond motifs is 2. The van der Waals surface area contributed by atoms with E-state index in [0.717, 1.165) is 42.3 Å². The standard InChI is InChI=1S/C26H29F2N3O2.ClH/c1-15(22-13-30-24-8-5-16(27)11-20(22)24)9-10-31(17-3-2-4-17)18-12-21-19(26(29)32)6-7-23(28)25(21)33-14-18;/h5-8,11,13,15,17-18,30H,2-4,9-10,12,14H2,1H3,(H2,29,32);1H/t15-,18-;/m1./s1. The molecule has 34 heavy (non-hydrogen) atoms. The van der Waals surface area contributed by atoms with Crippen LogP contribution in [-0.4, -0.2) is 41.0 Å². The van der Waals surface area contributed by atoms with E-state index in [1.54, 1.807) is 12.1 Å². The third-order valence-electron chi connectivity index (χ3n) is 7.38. The number of primary amides is 1. The van der Waals surface area contributed by atoms with Gasteiger partial charge < -0.3 is 15.5 Å². The number of aromatic amines is 1. The van der Waals surface area contributed by atoms with Gasteiger partial charge in [-0.3, -0.25) is 9.69 Å². The number of nitrogens with two attached hydrogens (primary N) is 1. The molecular weight excluding hydrogens is 460 g/mol. The Bertz CT molecular complexity index is 1190. The molecule has 5 rings (SSSR count). The molecule has 0 spiro atoms. The van der Waals surface area contributed by atoms with Crippen LogP contribution in [0.4, 0.5) is 8.78 Å². The first kappa shape index (κ1) is 24.5. The molecule has 0 bridgehead atoms. The van der Waals surface area contributed by atoms with Crippen LogP contribution < -0.4 is 10.5 Å². The molecule has 8 heteroatoms. The van der Waals surface area contributed by atoms with E-state index in [9.17, 15) is 13.6 Å². The summed E-state index contributed by atoms with van der Waals surface area (Å²) in [7, 11) is 0. The highest BCUT2D eigenvalue weighted by Gasteiger charge is 2.35. The minimum Gasteiger partial charge on any atom is -0.489 e. The summed E-state index contributed by atoms with van der Waals surface area (Å²) in [6.07, 6.45) is 6.86. The molecule has 182 valence electrons. The van der Waals surface area contributed by atoms with Crippen LogP contribution in [0.3, 0.4) is 0 Å². The molecule has 0 saturated heterocycles. The Balaban J connectivity index is 0.00000274. The Morgan fingerprint density at radius 2 is 2.03 bits per heavy atom. The fourth-order valence-electron chi connectivity index (χ4n) is 5.28. The van der Waals surface area contributed by atoms with Gasteiger partial charge in [0.2, 0.25) is 5.91 Å². The zero-order chi connectivity index (χ0) is 23.1. The van der Waals surface area contributed by atoms with E-state index in [1.807, 2.05) is 6.20 Å². The fourth-order valence-corrected chi connectivity index (χ4v) is 5.28. The second-order valence-electron chi connectivity index (χ2n) is 9.38. The van der Waals surface area contributed by atoms with Crippen molar-refractivity contribution in [2.24, 2.45) is 5.73 Å². The van der Waals surface area contributed by atoms with Gasteiger partial charge in [0.1, 0.15) is 12.4 Å². The number of carbonyl (C=O) groups is 1. The van der Waals surface area contributed by atoms with Crippen LogP contribution in [0.2, 0.25) is 0 Å². The van der Waals surface area contributed by atoms with Crippen LogP contribution in [0.1, 0.15) is 60.0 Å². The zero-order valence-electron chi connectivity index (χ0n) is 19.2. The van der Waals surface area contributed by atoms with Crippen molar-refractivity contribution in [3.8, 4) is 5.75 Å². The van der Waals surface area contributed by atoms with Gasteiger partial charge in [-0.2, -0.15) is 0 Å². The van der Waals surface area contributed by atoms with E-state index >= 15 is 0 Å². The first-order valence-corrected chi connectivity index (χ1v) is 11.7. The SMILES string of the molecule is C[C@H](CCN(C1CCC1)[C@H]1COc2c(F)ccc(C(N)=O)c2C1)c1c[nH]c2ccc(F)cc12.Cl. The van der Waals surface area contributed by atoms with Crippen LogP contribution in [-0.2, 0) is 6.42 Å². The monoisotopic (exact) mass is 489 g/mol. The van der Waals surface area contributed by atoms with Gasteiger partial charge in [0.05, 0.1) is 0 Å². The predicted octanol–water partition coefficient (Wildman–Crippen LogP) is 5.32. The molecule has 2 aliphatic rings. The third kappa shape index (κ3) is 4.51. The molecule has 0 radical (unpaired) electrons. The summed E-state index contributed by atoms with van der Waals surface area (Å²) in [5.74, 6) is -0.860. The molecule has 3 aromatic rings. The fraction of sp³-hybridized carbons (Fsp3) is 0.423. The summed E-state index contributed by atoms with van der Waals surface area (Å²) in [6.45, 7) is 3.40. The van der Waals surface area contributed by atoms with E-state index < -0.39 is 11.7 Å². The van der Waals surface area contributed by atoms with Crippen molar-refractivity contribution >= 4 is 29.2 Å². The van der Waals surface area contributed by atoms with Crippen molar-refractivity contribution in [2.45, 2.75) is 57.0 Å². The number of amides is 1. The number of nitrogens with one attached hydrogen (secondary N) is 1. The van der Waals surface area contributed by atoms with Crippen LogP contribution in [0.5, 0.6) is 5.75 Å². The lowest BCUT2D eigenvalue weighted by Gasteiger charge is -2.44. The predicted molar refractivity (Wildman–Crippen MR) is 131 cm³/mol. The van der Waals surface area contributed by atoms with Crippen LogP contribution in [0.25, 0.3) is 10.9 Å². The quantitative estimate of drug-likeness (QED) is 0.472. The van der Waals surface area contributed by atoms with Crippen LogP contribution in [0.15, 0.2) is 36.5 Å². The number of hydrogen-bond donors (Lipinski definition) is 2. The second kappa shape index (κ2) is 9.92. The van der Waals surface area contributed by atoms with E-state index in [4.69, 9.17) is 10.5 Å². The molecule has 1 saturated carbocycles. The van der Waals surface area contributed by atoms with Gasteiger partial charge in [0.15, 0.2) is 11.6 Å². The molecule has 0 unspecified atom stereocenters. The van der Waals surface area contributed by atoms with Crippen molar-refractivity contribution in [2.75, 3.05) is 13.2 Å². The Labute approximate surface area is 204 Å². The van der Waals surface area contributed by atoms with E-state index in [2.05, 4.69) is 16.8 Å². The highest BCUT2D eigenvalue weighted by atomic mass is 35.5. The second-order valence-corrected chi connectivity index (χ2v) is 9.38. The van der Waals surface area contributed by atoms with Gasteiger partial charge in [-0.05, 0) is 74.0 Å². The number of benzene rings is 2. The van der Waals surface area contributed by atoms with E-state index in [0.29, 0.717) is 30.2 Å². The molecule has 5 nitrogen and oxygen atoms in total. The molecule has 1 aliphatic heterocycles. The Hall–Kier alpha value is -2.64. The molecule has 1 aliphatic carbocycles. The molecule has 1 fully saturated rings. The maximum absolute atomic E-state index is 14.3. The highest BCUT2D eigenvalue weighted by Crippen LogP contribution is 2.36. The minimum atomic E-state index is -0.564. The number of aromatic nitrogens is 1. The largest absolute Gasteiger partial charge is 0.489 e. The first-order chi connectivity index (χ1) is 15.9. The third-order valence-corrected chi connectivity index (χ3v) is 7.38. The van der Waals surface area contributed by atoms with Gasteiger partial charge in [-0.25, -0.2) is 8.78 Å². The summed E-state index contributed by atoms with van der Waals surface area (Å²) in [4.78, 5) is 17.7. The van der Waals surface area contributed by atoms with Crippen molar-refractivity contribution in [3.63, 3.8) is 0 Å². The molecule has 1 amide bonds. The van der Waals surface area contributed by atoms with E-state index in [-0.39, 0.29) is 35.9 Å². The Kier molecular flexibility index (Phi) is 7.14. The van der Waals surface area contributed by atoms with Gasteiger partial charge in [0, 0.05) is 40.3 Å². The first-order valence-electron chi connectivity index (χ1n) is 11.7. The van der Waals surface area contributed by atoms with Crippen molar-refractivity contribution in [1.29, 1.82) is 0 Å². The average Bonchev–Trinajstić information content (AvgIpc) is 3.18. The van der Waals surface area contributed by atoms with Gasteiger partial charge in [0.25, 0.3) is 0 Å². The van der Waals surface area contributed by atoms with Crippen LogP contribution >= 0.6 is 12.4 Å². The Morgan fingerprint density at radius 1 is 1.24 bits per heavy atom. The molecule has 1 aromatic heterocycles. The number of ether oxygens (including phenoxy) is 1. The lowest BCUT2D eigenvalue weighted by molar-refractivity contribution is 0.0409. The van der Waals surface area contributed by atoms with Crippen molar-refractivity contribution in [3.05, 3.63) is 64.9 Å². The molecule has 3 N–H and O–H groups in total. The molecule has 2 heterocycles. The Morgan fingerprint density at radius 3 is 2.74 bits per heavy atom. The summed E-state index contributed by atoms with van der Waals surface area (Å²) >= 11 is 0. The summed E-state index contributed by atoms with van der Waals surface area (Å²) in [5, 5.41) is 0.925. The molecule has 2 atom stereocenters. The highest BCUT2D eigenvalue weighted by molar-refractivity contribution is 5.95. The molecular formula is C26H30ClF2N3O2. The van der Waals surface area contributed by atoms with Gasteiger partial charge >= 0.3 is 0 Å². The van der Waals surface area contributed by atoms with Crippen LogP contribution in [0, 0.1) is 11.6 Å². The number of hydrogen-bond acceptors (Lipinski definition) is 3. The number of H-pyrrole nitrogens is 1. The van der Waals surface area contributed by atoms with Crippen molar-refractivity contribution < 1.29 is 18.3 Å². The maximum atomic E-state index is 14.3. The van der Waals surface area contributed by atoms with E-state index in [1.165, 1.54) is 24.6 Å². The topological polar surface area (TPSA) is 71.3 Å². The number of rotatable bonds is 7. The normalized spacial score (nSPS) is 18.6. The van der Waals surface area contributed by atoms with Gasteiger partial charge in [-0.15, -0.1) is 12.4 Å². The van der Waals surface area contributed by atoms with Gasteiger partial charge in [-0.1, -0.05) is 13.3 Å². The maximum Gasteiger partial charge on any atom is 0.249 e. The lowest BCUT2D eigenvalue weighted by Crippen LogP contribution is -2.52. The van der Waals surface area contributed by atoms with Crippen molar-refractivity contribution in [1.82, 2.24) is 9.88 Å². The summed E-state index contributed by atoms with van der Waals surface area (Å²) in [6, 6.07) is 8.04. The number of nitrogens with zero attached hydrogens (tertiary/aromatic N) is 1. The smallest absolute Gasteiger partial charge is 0.249 e.